The van der Waals surface area contributed by atoms with Crippen molar-refractivity contribution in [2.24, 2.45) is 0 Å². The molecule has 0 unspecified atom stereocenters. The first-order valence-corrected chi connectivity index (χ1v) is 9.36. The third kappa shape index (κ3) is 3.70. The first kappa shape index (κ1) is 15.6. The minimum Gasteiger partial charge on any atom is -0.334 e. The van der Waals surface area contributed by atoms with Gasteiger partial charge in [0, 0.05) is 17.0 Å². The van der Waals surface area contributed by atoms with E-state index in [1.54, 1.807) is 17.7 Å². The second-order valence-electron chi connectivity index (χ2n) is 5.74. The summed E-state index contributed by atoms with van der Waals surface area (Å²) in [5, 5.41) is 10.9. The number of carbonyl (C=O) groups is 1. The zero-order valence-corrected chi connectivity index (χ0v) is 14.4. The molecule has 1 amide bonds. The van der Waals surface area contributed by atoms with Crippen molar-refractivity contribution >= 4 is 29.0 Å². The first-order chi connectivity index (χ1) is 10.6. The summed E-state index contributed by atoms with van der Waals surface area (Å²) in [5.41, 5.74) is 0. The maximum Gasteiger partial charge on any atom is 0.233 e. The Balaban J connectivity index is 1.60. The summed E-state index contributed by atoms with van der Waals surface area (Å²) in [6.45, 7) is 4.91. The second-order valence-corrected chi connectivity index (χ2v) is 7.71. The zero-order chi connectivity index (χ0) is 15.5. The summed E-state index contributed by atoms with van der Waals surface area (Å²) in [6, 6.07) is 4.86. The van der Waals surface area contributed by atoms with E-state index < -0.39 is 0 Å². The molecule has 0 radical (unpaired) electrons. The molecule has 3 rings (SSSR count). The lowest BCUT2D eigenvalue weighted by Gasteiger charge is -2.21. The van der Waals surface area contributed by atoms with E-state index in [-0.39, 0.29) is 5.91 Å². The topological polar surface area (TPSA) is 51.0 Å². The van der Waals surface area contributed by atoms with Gasteiger partial charge in [-0.3, -0.25) is 4.79 Å². The van der Waals surface area contributed by atoms with Gasteiger partial charge in [-0.2, -0.15) is 0 Å². The number of thioether (sulfide) groups is 1. The molecule has 0 atom stereocenters. The fourth-order valence-electron chi connectivity index (χ4n) is 2.28. The van der Waals surface area contributed by atoms with Crippen molar-refractivity contribution in [2.75, 3.05) is 5.75 Å². The maximum atomic E-state index is 12.6. The lowest BCUT2D eigenvalue weighted by molar-refractivity contribution is -0.129. The second kappa shape index (κ2) is 6.83. The molecule has 0 N–H and O–H groups in total. The number of aromatic nitrogens is 3. The molecule has 1 aliphatic carbocycles. The van der Waals surface area contributed by atoms with Gasteiger partial charge in [-0.15, -0.1) is 21.5 Å². The lowest BCUT2D eigenvalue weighted by Crippen LogP contribution is -2.33. The number of rotatable bonds is 7. The Morgan fingerprint density at radius 3 is 3.00 bits per heavy atom. The smallest absolute Gasteiger partial charge is 0.233 e. The van der Waals surface area contributed by atoms with Crippen LogP contribution in [0.5, 0.6) is 0 Å². The summed E-state index contributed by atoms with van der Waals surface area (Å²) in [4.78, 5) is 15.8. The molecule has 0 bridgehead atoms. The Morgan fingerprint density at radius 1 is 1.55 bits per heavy atom. The number of carbonyl (C=O) groups excluding carboxylic acids is 1. The predicted octanol–water partition coefficient (Wildman–Crippen LogP) is 3.20. The number of thiophene rings is 1. The molecule has 118 valence electrons. The molecule has 0 saturated heterocycles. The van der Waals surface area contributed by atoms with Gasteiger partial charge in [0.25, 0.3) is 0 Å². The van der Waals surface area contributed by atoms with Gasteiger partial charge in [0.05, 0.1) is 12.3 Å². The van der Waals surface area contributed by atoms with E-state index in [2.05, 4.69) is 35.5 Å². The van der Waals surface area contributed by atoms with Crippen LogP contribution >= 0.6 is 23.1 Å². The van der Waals surface area contributed by atoms with Gasteiger partial charge in [0.15, 0.2) is 5.16 Å². The van der Waals surface area contributed by atoms with Crippen LogP contribution < -0.4 is 0 Å². The quantitative estimate of drug-likeness (QED) is 0.729. The van der Waals surface area contributed by atoms with Gasteiger partial charge in [-0.25, -0.2) is 0 Å². The molecule has 22 heavy (non-hydrogen) atoms. The summed E-state index contributed by atoms with van der Waals surface area (Å²) in [5.74, 6) is 0.618. The van der Waals surface area contributed by atoms with Gasteiger partial charge in [0.1, 0.15) is 6.33 Å². The molecule has 0 aromatic carbocycles. The van der Waals surface area contributed by atoms with E-state index in [0.717, 1.165) is 24.5 Å². The molecule has 2 heterocycles. The van der Waals surface area contributed by atoms with Crippen LogP contribution in [0.3, 0.4) is 0 Å². The van der Waals surface area contributed by atoms with E-state index in [1.807, 2.05) is 15.5 Å². The van der Waals surface area contributed by atoms with Crippen LogP contribution in [0, 0.1) is 0 Å². The van der Waals surface area contributed by atoms with E-state index in [1.165, 1.54) is 16.6 Å². The lowest BCUT2D eigenvalue weighted by atomic mass is 10.4. The zero-order valence-electron chi connectivity index (χ0n) is 12.8. The van der Waals surface area contributed by atoms with Crippen LogP contribution in [-0.2, 0) is 11.3 Å². The Hall–Kier alpha value is -1.34. The van der Waals surface area contributed by atoms with Crippen molar-refractivity contribution in [2.45, 2.75) is 50.5 Å². The van der Waals surface area contributed by atoms with Gasteiger partial charge in [-0.05, 0) is 38.1 Å². The van der Waals surface area contributed by atoms with Gasteiger partial charge in [0.2, 0.25) is 5.91 Å². The van der Waals surface area contributed by atoms with E-state index in [4.69, 9.17) is 0 Å². The fraction of sp³-hybridized carbons (Fsp3) is 0.533. The van der Waals surface area contributed by atoms with Crippen LogP contribution in [0.15, 0.2) is 29.0 Å². The van der Waals surface area contributed by atoms with Crippen molar-refractivity contribution in [3.63, 3.8) is 0 Å². The molecule has 1 fully saturated rings. The van der Waals surface area contributed by atoms with Crippen LogP contribution in [-0.4, -0.2) is 37.4 Å². The molecule has 5 nitrogen and oxygen atoms in total. The summed E-state index contributed by atoms with van der Waals surface area (Å²) < 4.78 is 2.00. The van der Waals surface area contributed by atoms with Crippen molar-refractivity contribution < 1.29 is 4.79 Å². The minimum atomic E-state index is 0.194. The highest BCUT2D eigenvalue weighted by Crippen LogP contribution is 2.30. The van der Waals surface area contributed by atoms with Crippen molar-refractivity contribution in [1.29, 1.82) is 0 Å². The Bertz CT molecular complexity index is 619. The first-order valence-electron chi connectivity index (χ1n) is 7.49. The molecule has 2 aromatic heterocycles. The average molecular weight is 336 g/mol. The van der Waals surface area contributed by atoms with Crippen molar-refractivity contribution in [3.05, 3.63) is 28.7 Å². The SMILES string of the molecule is CC(C)n1cnnc1SCC(=O)N(Cc1cccs1)C1CC1. The molecule has 0 aliphatic heterocycles. The van der Waals surface area contributed by atoms with Crippen LogP contribution in [0.1, 0.15) is 37.6 Å². The third-order valence-corrected chi connectivity index (χ3v) is 5.44. The summed E-state index contributed by atoms with van der Waals surface area (Å²) >= 11 is 3.19. The molecular weight excluding hydrogens is 316 g/mol. The highest BCUT2D eigenvalue weighted by Gasteiger charge is 2.32. The summed E-state index contributed by atoms with van der Waals surface area (Å²) in [6.07, 6.45) is 3.98. The van der Waals surface area contributed by atoms with Gasteiger partial charge < -0.3 is 9.47 Å². The molecule has 1 aliphatic rings. The highest BCUT2D eigenvalue weighted by atomic mass is 32.2. The normalized spacial score (nSPS) is 14.5. The molecule has 0 spiro atoms. The van der Waals surface area contributed by atoms with Crippen molar-refractivity contribution in [3.8, 4) is 0 Å². The fourth-order valence-corrected chi connectivity index (χ4v) is 3.91. The van der Waals surface area contributed by atoms with Crippen LogP contribution in [0.2, 0.25) is 0 Å². The highest BCUT2D eigenvalue weighted by molar-refractivity contribution is 7.99. The summed E-state index contributed by atoms with van der Waals surface area (Å²) in [7, 11) is 0. The number of amides is 1. The Kier molecular flexibility index (Phi) is 4.83. The molecule has 7 heteroatoms. The Morgan fingerprint density at radius 2 is 2.36 bits per heavy atom. The van der Waals surface area contributed by atoms with E-state index >= 15 is 0 Å². The van der Waals surface area contributed by atoms with Gasteiger partial charge in [-0.1, -0.05) is 17.8 Å². The standard InChI is InChI=1S/C15H20N4OS2/c1-11(2)19-10-16-17-15(19)22-9-14(20)18(12-5-6-12)8-13-4-3-7-21-13/h3-4,7,10-12H,5-6,8-9H2,1-2H3. The maximum absolute atomic E-state index is 12.6. The monoisotopic (exact) mass is 336 g/mol. The Labute approximate surface area is 138 Å². The predicted molar refractivity (Wildman–Crippen MR) is 89.0 cm³/mol. The number of nitrogens with zero attached hydrogens (tertiary/aromatic N) is 4. The van der Waals surface area contributed by atoms with Crippen LogP contribution in [0.4, 0.5) is 0 Å². The average Bonchev–Trinajstić information content (AvgIpc) is 3.02. The molecular formula is C15H20N4OS2. The van der Waals surface area contributed by atoms with Gasteiger partial charge >= 0.3 is 0 Å². The number of hydrogen-bond donors (Lipinski definition) is 0. The molecule has 2 aromatic rings. The third-order valence-electron chi connectivity index (χ3n) is 3.64. The molecule has 1 saturated carbocycles. The van der Waals surface area contributed by atoms with Crippen LogP contribution in [0.25, 0.3) is 0 Å². The minimum absolute atomic E-state index is 0.194. The van der Waals surface area contributed by atoms with E-state index in [0.29, 0.717) is 17.8 Å². The van der Waals surface area contributed by atoms with E-state index in [9.17, 15) is 4.79 Å². The largest absolute Gasteiger partial charge is 0.334 e. The number of hydrogen-bond acceptors (Lipinski definition) is 5. The van der Waals surface area contributed by atoms with Crippen molar-refractivity contribution in [1.82, 2.24) is 19.7 Å².